The van der Waals surface area contributed by atoms with Gasteiger partial charge < -0.3 is 5.11 Å². The minimum absolute atomic E-state index is 0.402. The molecule has 2 aromatic carbocycles. The Kier molecular flexibility index (Phi) is 1.78. The Hall–Kier alpha value is -1.76. The summed E-state index contributed by atoms with van der Waals surface area (Å²) in [5.41, 5.74) is 4.85. The molecule has 0 aliphatic heterocycles. The summed E-state index contributed by atoms with van der Waals surface area (Å²) in [5.74, 6) is 0.402. The van der Waals surface area contributed by atoms with E-state index in [4.69, 9.17) is 0 Å². The van der Waals surface area contributed by atoms with E-state index in [-0.39, 0.29) is 0 Å². The quantitative estimate of drug-likeness (QED) is 0.742. The van der Waals surface area contributed by atoms with Crippen LogP contribution in [0.2, 0.25) is 0 Å². The fraction of sp³-hybridized carbons (Fsp3) is 0.143. The first-order valence-corrected chi connectivity index (χ1v) is 5.25. The lowest BCUT2D eigenvalue weighted by Crippen LogP contribution is -2.09. The lowest BCUT2D eigenvalue weighted by Gasteiger charge is -2.23. The fourth-order valence-electron chi connectivity index (χ4n) is 2.21. The van der Waals surface area contributed by atoms with E-state index in [9.17, 15) is 5.11 Å². The Bertz CT molecular complexity index is 500. The van der Waals surface area contributed by atoms with Crippen LogP contribution in [0.15, 0.2) is 42.5 Å². The Balaban J connectivity index is 2.24. The zero-order valence-electron chi connectivity index (χ0n) is 8.40. The molecule has 0 radical (unpaired) electrons. The molecule has 0 amide bonds. The number of aromatic hydroxyl groups is 1. The van der Waals surface area contributed by atoms with Crippen molar-refractivity contribution >= 4 is 0 Å². The Labute approximate surface area is 89.0 Å². The van der Waals surface area contributed by atoms with E-state index in [0.717, 1.165) is 24.0 Å². The largest absolute Gasteiger partial charge is 0.507 e. The molecule has 1 aliphatic carbocycles. The van der Waals surface area contributed by atoms with Crippen LogP contribution in [0.1, 0.15) is 11.1 Å². The second-order valence-electron chi connectivity index (χ2n) is 3.96. The van der Waals surface area contributed by atoms with Gasteiger partial charge in [-0.1, -0.05) is 36.4 Å². The van der Waals surface area contributed by atoms with Crippen LogP contribution in [0.3, 0.4) is 0 Å². The van der Waals surface area contributed by atoms with Gasteiger partial charge in [-0.05, 0) is 35.6 Å². The highest BCUT2D eigenvalue weighted by atomic mass is 16.3. The third kappa shape index (κ3) is 1.23. The molecule has 0 saturated carbocycles. The van der Waals surface area contributed by atoms with Crippen LogP contribution in [0, 0.1) is 0 Å². The van der Waals surface area contributed by atoms with Crippen molar-refractivity contribution in [3.8, 4) is 16.9 Å². The first-order chi connectivity index (χ1) is 7.36. The van der Waals surface area contributed by atoms with Crippen molar-refractivity contribution in [1.29, 1.82) is 0 Å². The molecule has 15 heavy (non-hydrogen) atoms. The van der Waals surface area contributed by atoms with E-state index in [1.54, 1.807) is 6.07 Å². The van der Waals surface area contributed by atoms with Gasteiger partial charge in [0.15, 0.2) is 0 Å². The van der Waals surface area contributed by atoms with E-state index >= 15 is 0 Å². The number of hydrogen-bond acceptors (Lipinski definition) is 1. The third-order valence-electron chi connectivity index (χ3n) is 3.09. The maximum Gasteiger partial charge on any atom is 0.123 e. The summed E-state index contributed by atoms with van der Waals surface area (Å²) < 4.78 is 0. The van der Waals surface area contributed by atoms with Crippen LogP contribution in [-0.4, -0.2) is 5.11 Å². The Morgan fingerprint density at radius 1 is 0.867 bits per heavy atom. The minimum Gasteiger partial charge on any atom is -0.507 e. The van der Waals surface area contributed by atoms with Crippen molar-refractivity contribution in [3.63, 3.8) is 0 Å². The Morgan fingerprint density at radius 3 is 2.33 bits per heavy atom. The third-order valence-corrected chi connectivity index (χ3v) is 3.09. The van der Waals surface area contributed by atoms with Gasteiger partial charge in [0.25, 0.3) is 0 Å². The molecule has 2 aromatic rings. The van der Waals surface area contributed by atoms with Gasteiger partial charge in [0.05, 0.1) is 0 Å². The van der Waals surface area contributed by atoms with Gasteiger partial charge in [-0.3, -0.25) is 0 Å². The maximum atomic E-state index is 9.90. The maximum absolute atomic E-state index is 9.90. The predicted octanol–water partition coefficient (Wildman–Crippen LogP) is 3.16. The fourth-order valence-corrected chi connectivity index (χ4v) is 2.21. The van der Waals surface area contributed by atoms with Crippen molar-refractivity contribution in [2.24, 2.45) is 0 Å². The summed E-state index contributed by atoms with van der Waals surface area (Å²) in [6, 6.07) is 13.9. The van der Waals surface area contributed by atoms with Gasteiger partial charge in [-0.15, -0.1) is 0 Å². The molecule has 0 heterocycles. The topological polar surface area (TPSA) is 20.2 Å². The molecule has 74 valence electrons. The number of aryl methyl sites for hydroxylation is 1. The minimum atomic E-state index is 0.402. The molecule has 1 aliphatic rings. The van der Waals surface area contributed by atoms with Gasteiger partial charge in [-0.2, -0.15) is 0 Å². The molecule has 3 rings (SSSR count). The van der Waals surface area contributed by atoms with Gasteiger partial charge in [0, 0.05) is 5.56 Å². The van der Waals surface area contributed by atoms with E-state index in [2.05, 4.69) is 0 Å². The molecule has 1 nitrogen and oxygen atoms in total. The molecular formula is C14H12O. The standard InChI is InChI=1S/C14H12O/c15-13-9-7-10-6-8-12(10)14(13)11-4-2-1-3-5-11/h1-5,7,9,15H,6,8H2. The summed E-state index contributed by atoms with van der Waals surface area (Å²) in [6.45, 7) is 0. The van der Waals surface area contributed by atoms with Crippen molar-refractivity contribution < 1.29 is 5.11 Å². The van der Waals surface area contributed by atoms with Gasteiger partial charge in [0.2, 0.25) is 0 Å². The van der Waals surface area contributed by atoms with Crippen LogP contribution in [0.25, 0.3) is 11.1 Å². The average Bonchev–Trinajstić information content (AvgIpc) is 2.24. The van der Waals surface area contributed by atoms with Gasteiger partial charge in [0.1, 0.15) is 5.75 Å². The first kappa shape index (κ1) is 8.54. The van der Waals surface area contributed by atoms with Crippen molar-refractivity contribution in [2.75, 3.05) is 0 Å². The number of rotatable bonds is 1. The number of phenols is 1. The van der Waals surface area contributed by atoms with Crippen LogP contribution in [0.4, 0.5) is 0 Å². The van der Waals surface area contributed by atoms with Crippen LogP contribution >= 0.6 is 0 Å². The summed E-state index contributed by atoms with van der Waals surface area (Å²) in [5, 5.41) is 9.90. The highest BCUT2D eigenvalue weighted by molar-refractivity contribution is 5.76. The van der Waals surface area contributed by atoms with Crippen LogP contribution in [0.5, 0.6) is 5.75 Å². The van der Waals surface area contributed by atoms with Crippen molar-refractivity contribution in [2.45, 2.75) is 12.8 Å². The number of benzene rings is 2. The number of fused-ring (bicyclic) bond motifs is 1. The number of phenolic OH excluding ortho intramolecular Hbond substituents is 1. The normalized spacial score (nSPS) is 13.1. The SMILES string of the molecule is Oc1ccc2c(c1-c1ccccc1)CC2. The molecule has 0 atom stereocenters. The lowest BCUT2D eigenvalue weighted by molar-refractivity contribution is 0.475. The van der Waals surface area contributed by atoms with Crippen molar-refractivity contribution in [1.82, 2.24) is 0 Å². The summed E-state index contributed by atoms with van der Waals surface area (Å²) in [6.07, 6.45) is 2.24. The highest BCUT2D eigenvalue weighted by Crippen LogP contribution is 2.39. The molecule has 1 N–H and O–H groups in total. The molecule has 0 fully saturated rings. The van der Waals surface area contributed by atoms with Gasteiger partial charge >= 0.3 is 0 Å². The van der Waals surface area contributed by atoms with E-state index in [0.29, 0.717) is 5.75 Å². The molecule has 0 aromatic heterocycles. The lowest BCUT2D eigenvalue weighted by atomic mass is 9.82. The number of hydrogen-bond donors (Lipinski definition) is 1. The van der Waals surface area contributed by atoms with Gasteiger partial charge in [-0.25, -0.2) is 0 Å². The monoisotopic (exact) mass is 196 g/mol. The molecule has 0 saturated heterocycles. The van der Waals surface area contributed by atoms with E-state index in [1.807, 2.05) is 36.4 Å². The van der Waals surface area contributed by atoms with Crippen molar-refractivity contribution in [3.05, 3.63) is 53.6 Å². The summed E-state index contributed by atoms with van der Waals surface area (Å²) >= 11 is 0. The molecule has 0 bridgehead atoms. The molecule has 1 heteroatoms. The average molecular weight is 196 g/mol. The zero-order valence-corrected chi connectivity index (χ0v) is 8.40. The first-order valence-electron chi connectivity index (χ1n) is 5.25. The molecular weight excluding hydrogens is 184 g/mol. The smallest absolute Gasteiger partial charge is 0.123 e. The summed E-state index contributed by atoms with van der Waals surface area (Å²) in [7, 11) is 0. The van der Waals surface area contributed by atoms with Crippen LogP contribution < -0.4 is 0 Å². The zero-order chi connectivity index (χ0) is 10.3. The Morgan fingerprint density at radius 2 is 1.67 bits per heavy atom. The van der Waals surface area contributed by atoms with E-state index in [1.165, 1.54) is 11.1 Å². The predicted molar refractivity (Wildman–Crippen MR) is 61.0 cm³/mol. The highest BCUT2D eigenvalue weighted by Gasteiger charge is 2.20. The van der Waals surface area contributed by atoms with Crippen LogP contribution in [-0.2, 0) is 12.8 Å². The second kappa shape index (κ2) is 3.13. The molecule has 0 spiro atoms. The molecule has 0 unspecified atom stereocenters. The van der Waals surface area contributed by atoms with E-state index < -0.39 is 0 Å². The second-order valence-corrected chi connectivity index (χ2v) is 3.96. The summed E-state index contributed by atoms with van der Waals surface area (Å²) in [4.78, 5) is 0.